The van der Waals surface area contributed by atoms with Gasteiger partial charge in [0.15, 0.2) is 0 Å². The molecule has 1 aromatic carbocycles. The summed E-state index contributed by atoms with van der Waals surface area (Å²) >= 11 is 0. The van der Waals surface area contributed by atoms with Crippen molar-refractivity contribution in [2.45, 2.75) is 59.0 Å². The number of hydrogen-bond acceptors (Lipinski definition) is 2. The molecule has 114 valence electrons. The third-order valence-electron chi connectivity index (χ3n) is 4.89. The SMILES string of the molecule is CC(C)(C)C1CCCCC1NCc1cc2ccccc2o1. The van der Waals surface area contributed by atoms with E-state index in [-0.39, 0.29) is 0 Å². The Morgan fingerprint density at radius 3 is 2.67 bits per heavy atom. The first-order valence-corrected chi connectivity index (χ1v) is 8.25. The van der Waals surface area contributed by atoms with Crippen molar-refractivity contribution in [3.05, 3.63) is 36.1 Å². The Kier molecular flexibility index (Phi) is 4.08. The number of nitrogens with one attached hydrogen (secondary N) is 1. The molecule has 0 radical (unpaired) electrons. The summed E-state index contributed by atoms with van der Waals surface area (Å²) in [6.07, 6.45) is 5.37. The van der Waals surface area contributed by atoms with Crippen LogP contribution in [0.5, 0.6) is 0 Å². The minimum absolute atomic E-state index is 0.381. The van der Waals surface area contributed by atoms with E-state index in [1.807, 2.05) is 12.1 Å². The van der Waals surface area contributed by atoms with E-state index in [0.29, 0.717) is 11.5 Å². The molecule has 1 fully saturated rings. The highest BCUT2D eigenvalue weighted by Gasteiger charge is 2.33. The molecule has 0 bridgehead atoms. The van der Waals surface area contributed by atoms with Crippen molar-refractivity contribution in [3.8, 4) is 0 Å². The number of fused-ring (bicyclic) bond motifs is 1. The highest BCUT2D eigenvalue weighted by Crippen LogP contribution is 2.38. The van der Waals surface area contributed by atoms with E-state index in [0.717, 1.165) is 23.8 Å². The molecule has 1 aliphatic rings. The van der Waals surface area contributed by atoms with Crippen LogP contribution in [0.4, 0.5) is 0 Å². The van der Waals surface area contributed by atoms with Gasteiger partial charge < -0.3 is 9.73 Å². The zero-order valence-electron chi connectivity index (χ0n) is 13.5. The van der Waals surface area contributed by atoms with E-state index in [1.54, 1.807) is 0 Å². The van der Waals surface area contributed by atoms with Crippen LogP contribution in [0.25, 0.3) is 11.0 Å². The van der Waals surface area contributed by atoms with Crippen LogP contribution < -0.4 is 5.32 Å². The average Bonchev–Trinajstić information content (AvgIpc) is 2.87. The highest BCUT2D eigenvalue weighted by molar-refractivity contribution is 5.77. The lowest BCUT2D eigenvalue weighted by molar-refractivity contribution is 0.129. The van der Waals surface area contributed by atoms with Crippen molar-refractivity contribution in [3.63, 3.8) is 0 Å². The number of rotatable bonds is 3. The Balaban J connectivity index is 1.68. The van der Waals surface area contributed by atoms with E-state index in [1.165, 1.54) is 31.1 Å². The topological polar surface area (TPSA) is 25.2 Å². The Bertz CT molecular complexity index is 560. The zero-order valence-corrected chi connectivity index (χ0v) is 13.5. The summed E-state index contributed by atoms with van der Waals surface area (Å²) in [5, 5.41) is 4.96. The lowest BCUT2D eigenvalue weighted by Gasteiger charge is -2.40. The van der Waals surface area contributed by atoms with Gasteiger partial charge in [-0.2, -0.15) is 0 Å². The van der Waals surface area contributed by atoms with E-state index >= 15 is 0 Å². The first-order valence-electron chi connectivity index (χ1n) is 8.25. The fraction of sp³-hybridized carbons (Fsp3) is 0.579. The van der Waals surface area contributed by atoms with Crippen LogP contribution in [0.2, 0.25) is 0 Å². The zero-order chi connectivity index (χ0) is 14.9. The molecular weight excluding hydrogens is 258 g/mol. The third-order valence-corrected chi connectivity index (χ3v) is 4.89. The second-order valence-corrected chi connectivity index (χ2v) is 7.49. The van der Waals surface area contributed by atoms with Crippen LogP contribution in [0.15, 0.2) is 34.7 Å². The van der Waals surface area contributed by atoms with Crippen LogP contribution in [0, 0.1) is 11.3 Å². The van der Waals surface area contributed by atoms with Gasteiger partial charge >= 0.3 is 0 Å². The number of hydrogen-bond donors (Lipinski definition) is 1. The smallest absolute Gasteiger partial charge is 0.134 e. The molecule has 0 aliphatic heterocycles. The van der Waals surface area contributed by atoms with E-state index in [9.17, 15) is 0 Å². The molecule has 3 rings (SSSR count). The quantitative estimate of drug-likeness (QED) is 0.846. The standard InChI is InChI=1S/C19H27NO/c1-19(2,3)16-9-5-6-10-17(16)20-13-15-12-14-8-4-7-11-18(14)21-15/h4,7-8,11-12,16-17,20H,5-6,9-10,13H2,1-3H3. The Hall–Kier alpha value is -1.28. The lowest BCUT2D eigenvalue weighted by atomic mass is 9.69. The second-order valence-electron chi connectivity index (χ2n) is 7.49. The van der Waals surface area contributed by atoms with Crippen molar-refractivity contribution < 1.29 is 4.42 Å². The minimum atomic E-state index is 0.381. The fourth-order valence-corrected chi connectivity index (χ4v) is 3.77. The van der Waals surface area contributed by atoms with Crippen molar-refractivity contribution in [2.24, 2.45) is 11.3 Å². The Morgan fingerprint density at radius 2 is 1.90 bits per heavy atom. The van der Waals surface area contributed by atoms with Crippen molar-refractivity contribution in [1.29, 1.82) is 0 Å². The van der Waals surface area contributed by atoms with Gasteiger partial charge in [0.1, 0.15) is 11.3 Å². The molecule has 1 aromatic heterocycles. The molecule has 1 heterocycles. The molecule has 2 unspecified atom stereocenters. The van der Waals surface area contributed by atoms with Gasteiger partial charge in [0.05, 0.1) is 6.54 Å². The van der Waals surface area contributed by atoms with E-state index < -0.39 is 0 Å². The molecule has 21 heavy (non-hydrogen) atoms. The largest absolute Gasteiger partial charge is 0.460 e. The van der Waals surface area contributed by atoms with E-state index in [4.69, 9.17) is 4.42 Å². The average molecular weight is 285 g/mol. The summed E-state index contributed by atoms with van der Waals surface area (Å²) in [6, 6.07) is 11.0. The summed E-state index contributed by atoms with van der Waals surface area (Å²) in [6.45, 7) is 7.96. The molecule has 0 spiro atoms. The van der Waals surface area contributed by atoms with Crippen LogP contribution in [-0.4, -0.2) is 6.04 Å². The van der Waals surface area contributed by atoms with Crippen LogP contribution in [-0.2, 0) is 6.54 Å². The predicted molar refractivity (Wildman–Crippen MR) is 88.3 cm³/mol. The van der Waals surface area contributed by atoms with Crippen molar-refractivity contribution in [2.75, 3.05) is 0 Å². The van der Waals surface area contributed by atoms with Gasteiger partial charge in [-0.3, -0.25) is 0 Å². The van der Waals surface area contributed by atoms with Crippen molar-refractivity contribution >= 4 is 11.0 Å². The molecule has 1 saturated carbocycles. The molecule has 1 aliphatic carbocycles. The Morgan fingerprint density at radius 1 is 1.14 bits per heavy atom. The first-order chi connectivity index (χ1) is 10.0. The predicted octanol–water partition coefficient (Wildman–Crippen LogP) is 5.13. The number of para-hydroxylation sites is 1. The van der Waals surface area contributed by atoms with E-state index in [2.05, 4.69) is 44.3 Å². The molecular formula is C19H27NO. The summed E-state index contributed by atoms with van der Waals surface area (Å²) in [5.41, 5.74) is 1.37. The molecule has 0 saturated heterocycles. The summed E-state index contributed by atoms with van der Waals surface area (Å²) in [4.78, 5) is 0. The maximum absolute atomic E-state index is 5.92. The van der Waals surface area contributed by atoms with Gasteiger partial charge in [-0.05, 0) is 36.3 Å². The minimum Gasteiger partial charge on any atom is -0.460 e. The van der Waals surface area contributed by atoms with Crippen LogP contribution >= 0.6 is 0 Å². The maximum Gasteiger partial charge on any atom is 0.134 e. The molecule has 2 nitrogen and oxygen atoms in total. The molecule has 2 atom stereocenters. The van der Waals surface area contributed by atoms with Crippen LogP contribution in [0.3, 0.4) is 0 Å². The van der Waals surface area contributed by atoms with Gasteiger partial charge in [0.2, 0.25) is 0 Å². The number of furan rings is 1. The highest BCUT2D eigenvalue weighted by atomic mass is 16.3. The molecule has 1 N–H and O–H groups in total. The summed E-state index contributed by atoms with van der Waals surface area (Å²) in [5.74, 6) is 1.81. The Labute approximate surface area is 127 Å². The van der Waals surface area contributed by atoms with Gasteiger partial charge in [-0.15, -0.1) is 0 Å². The lowest BCUT2D eigenvalue weighted by Crippen LogP contribution is -2.43. The maximum atomic E-state index is 5.92. The van der Waals surface area contributed by atoms with Crippen molar-refractivity contribution in [1.82, 2.24) is 5.32 Å². The summed E-state index contributed by atoms with van der Waals surface area (Å²) in [7, 11) is 0. The third kappa shape index (κ3) is 3.32. The monoisotopic (exact) mass is 285 g/mol. The van der Waals surface area contributed by atoms with Gasteiger partial charge in [0.25, 0.3) is 0 Å². The number of benzene rings is 1. The van der Waals surface area contributed by atoms with Gasteiger partial charge in [-0.1, -0.05) is 51.8 Å². The molecule has 2 aromatic rings. The fourth-order valence-electron chi connectivity index (χ4n) is 3.77. The molecule has 0 amide bonds. The summed E-state index contributed by atoms with van der Waals surface area (Å²) < 4.78 is 5.92. The van der Waals surface area contributed by atoms with Crippen LogP contribution in [0.1, 0.15) is 52.2 Å². The van der Waals surface area contributed by atoms with Gasteiger partial charge in [0, 0.05) is 11.4 Å². The molecule has 2 heteroatoms. The second kappa shape index (κ2) is 5.84. The normalized spacial score (nSPS) is 23.6. The first kappa shape index (κ1) is 14.6. The van der Waals surface area contributed by atoms with Gasteiger partial charge in [-0.25, -0.2) is 0 Å².